The van der Waals surface area contributed by atoms with Crippen LogP contribution >= 0.6 is 0 Å². The molecule has 1 aromatic carbocycles. The highest BCUT2D eigenvalue weighted by Gasteiger charge is 2.16. The molecule has 0 fully saturated rings. The summed E-state index contributed by atoms with van der Waals surface area (Å²) < 4.78 is 0. The molecule has 0 aliphatic rings. The number of carbonyl (C=O) groups excluding carboxylic acids is 2. The third-order valence-electron chi connectivity index (χ3n) is 1.93. The van der Waals surface area contributed by atoms with E-state index in [1.54, 1.807) is 31.2 Å². The summed E-state index contributed by atoms with van der Waals surface area (Å²) in [6, 6.07) is 8.17. The highest BCUT2D eigenvalue weighted by Crippen LogP contribution is 2.13. The summed E-state index contributed by atoms with van der Waals surface area (Å²) in [4.78, 5) is 21.9. The molecule has 1 aromatic rings. The number of hydrogen-bond donors (Lipinski definition) is 1. The first-order valence-corrected chi connectivity index (χ1v) is 4.57. The summed E-state index contributed by atoms with van der Waals surface area (Å²) in [5.41, 5.74) is 5.75. The third-order valence-corrected chi connectivity index (χ3v) is 1.93. The van der Waals surface area contributed by atoms with Crippen molar-refractivity contribution < 1.29 is 9.59 Å². The highest BCUT2D eigenvalue weighted by atomic mass is 16.2. The number of benzene rings is 1. The predicted octanol–water partition coefficient (Wildman–Crippen LogP) is 0.965. The van der Waals surface area contributed by atoms with E-state index in [4.69, 9.17) is 5.73 Å². The second kappa shape index (κ2) is 4.99. The van der Waals surface area contributed by atoms with Gasteiger partial charge < -0.3 is 5.73 Å². The van der Waals surface area contributed by atoms with E-state index in [2.05, 4.69) is 0 Å². The number of anilines is 1. The lowest BCUT2D eigenvalue weighted by atomic mass is 10.3. The van der Waals surface area contributed by atoms with Gasteiger partial charge in [0.15, 0.2) is 0 Å². The number of hydrogen-bond acceptors (Lipinski definition) is 2. The van der Waals surface area contributed by atoms with Gasteiger partial charge in [0.25, 0.3) is 0 Å². The Balaban J connectivity index is 2.97. The fraction of sp³-hybridized carbons (Fsp3) is 0.200. The topological polar surface area (TPSA) is 66.6 Å². The van der Waals surface area contributed by atoms with Crippen LogP contribution in [0.2, 0.25) is 0 Å². The zero-order valence-corrected chi connectivity index (χ0v) is 8.46. The molecule has 0 heterocycles. The maximum Gasteiger partial charge on any atom is 0.333 e. The first kappa shape index (κ1) is 11.0. The molecule has 0 unspecified atom stereocenters. The monoisotopic (exact) mass is 207 g/mol. The lowest BCUT2D eigenvalue weighted by Crippen LogP contribution is -2.48. The maximum atomic E-state index is 11.1. The molecular formula is C10H13N3O2. The minimum absolute atomic E-state index is 0.336. The quantitative estimate of drug-likeness (QED) is 0.590. The molecule has 0 spiro atoms. The van der Waals surface area contributed by atoms with Crippen molar-refractivity contribution in [1.29, 1.82) is 0 Å². The van der Waals surface area contributed by atoms with Crippen molar-refractivity contribution in [3.05, 3.63) is 30.3 Å². The fourth-order valence-corrected chi connectivity index (χ4v) is 1.25. The molecule has 2 N–H and O–H groups in total. The van der Waals surface area contributed by atoms with Crippen molar-refractivity contribution in [1.82, 2.24) is 5.01 Å². The number of amides is 3. The Labute approximate surface area is 88.0 Å². The Hall–Kier alpha value is -2.04. The number of carbonyl (C=O) groups is 2. The second-order valence-corrected chi connectivity index (χ2v) is 2.84. The molecule has 5 nitrogen and oxygen atoms in total. The number of urea groups is 1. The Morgan fingerprint density at radius 2 is 2.00 bits per heavy atom. The first-order valence-electron chi connectivity index (χ1n) is 4.57. The number of nitrogens with two attached hydrogens (primary N) is 1. The Kier molecular flexibility index (Phi) is 3.68. The third kappa shape index (κ3) is 2.46. The van der Waals surface area contributed by atoms with Gasteiger partial charge in [-0.15, -0.1) is 0 Å². The molecule has 1 rings (SSSR count). The van der Waals surface area contributed by atoms with Crippen LogP contribution in [0.15, 0.2) is 30.3 Å². The number of rotatable bonds is 4. The summed E-state index contributed by atoms with van der Waals surface area (Å²) in [6.07, 6.45) is 0.559. The van der Waals surface area contributed by atoms with Gasteiger partial charge in [-0.25, -0.2) is 14.8 Å². The standard InChI is InChI=1S/C10H13N3O2/c1-2-12(10(11)15)13(8-14)9-6-4-3-5-7-9/h3-8H,2H2,1H3,(H2,11,15). The van der Waals surface area contributed by atoms with Crippen molar-refractivity contribution in [2.24, 2.45) is 5.73 Å². The van der Waals surface area contributed by atoms with Gasteiger partial charge in [-0.1, -0.05) is 18.2 Å². The van der Waals surface area contributed by atoms with Gasteiger partial charge in [-0.2, -0.15) is 0 Å². The van der Waals surface area contributed by atoms with Crippen molar-refractivity contribution in [3.63, 3.8) is 0 Å². The number of nitrogens with zero attached hydrogens (tertiary/aromatic N) is 2. The van der Waals surface area contributed by atoms with Crippen LogP contribution in [0.25, 0.3) is 0 Å². The van der Waals surface area contributed by atoms with E-state index in [9.17, 15) is 9.59 Å². The molecule has 0 aliphatic carbocycles. The smallest absolute Gasteiger partial charge is 0.333 e. The lowest BCUT2D eigenvalue weighted by Gasteiger charge is -2.29. The molecule has 0 aromatic heterocycles. The summed E-state index contributed by atoms with van der Waals surface area (Å²) >= 11 is 0. The SMILES string of the molecule is CCN(C(N)=O)N(C=O)c1ccccc1. The average Bonchev–Trinajstić information content (AvgIpc) is 2.26. The molecule has 5 heteroatoms. The molecular weight excluding hydrogens is 194 g/mol. The molecule has 3 amide bonds. The van der Waals surface area contributed by atoms with Crippen LogP contribution in [-0.4, -0.2) is 24.0 Å². The minimum atomic E-state index is -0.659. The Morgan fingerprint density at radius 1 is 1.40 bits per heavy atom. The second-order valence-electron chi connectivity index (χ2n) is 2.84. The minimum Gasteiger partial charge on any atom is -0.350 e. The number of hydrazine groups is 1. The van der Waals surface area contributed by atoms with E-state index in [0.29, 0.717) is 18.6 Å². The van der Waals surface area contributed by atoms with E-state index in [1.165, 1.54) is 5.01 Å². The zero-order chi connectivity index (χ0) is 11.3. The average molecular weight is 207 g/mol. The first-order chi connectivity index (χ1) is 7.20. The molecule has 0 radical (unpaired) electrons. The van der Waals surface area contributed by atoms with Crippen LogP contribution < -0.4 is 10.7 Å². The Bertz CT molecular complexity index is 340. The van der Waals surface area contributed by atoms with Crippen LogP contribution in [0.4, 0.5) is 10.5 Å². The van der Waals surface area contributed by atoms with Gasteiger partial charge in [0, 0.05) is 6.54 Å². The molecule has 0 aliphatic heterocycles. The maximum absolute atomic E-state index is 11.1. The van der Waals surface area contributed by atoms with Gasteiger partial charge in [0.1, 0.15) is 0 Å². The van der Waals surface area contributed by atoms with E-state index in [-0.39, 0.29) is 0 Å². The summed E-state index contributed by atoms with van der Waals surface area (Å²) in [5, 5.41) is 2.34. The van der Waals surface area contributed by atoms with Gasteiger partial charge in [0.2, 0.25) is 6.41 Å². The van der Waals surface area contributed by atoms with Gasteiger partial charge in [-0.05, 0) is 19.1 Å². The van der Waals surface area contributed by atoms with Gasteiger partial charge >= 0.3 is 6.03 Å². The fourth-order valence-electron chi connectivity index (χ4n) is 1.25. The largest absolute Gasteiger partial charge is 0.350 e. The van der Waals surface area contributed by atoms with Gasteiger partial charge in [0.05, 0.1) is 5.69 Å². The van der Waals surface area contributed by atoms with Crippen LogP contribution in [0.1, 0.15) is 6.92 Å². The molecule has 0 bridgehead atoms. The summed E-state index contributed by atoms with van der Waals surface area (Å²) in [7, 11) is 0. The summed E-state index contributed by atoms with van der Waals surface area (Å²) in [6.45, 7) is 2.08. The molecule has 0 saturated heterocycles. The van der Waals surface area contributed by atoms with E-state index < -0.39 is 6.03 Å². The van der Waals surface area contributed by atoms with Crippen LogP contribution in [0.3, 0.4) is 0 Å². The molecule has 80 valence electrons. The Morgan fingerprint density at radius 3 is 2.40 bits per heavy atom. The molecule has 15 heavy (non-hydrogen) atoms. The highest BCUT2D eigenvalue weighted by molar-refractivity contribution is 5.83. The van der Waals surface area contributed by atoms with Crippen molar-refractivity contribution in [2.45, 2.75) is 6.92 Å². The molecule has 0 atom stereocenters. The lowest BCUT2D eigenvalue weighted by molar-refractivity contribution is -0.109. The van der Waals surface area contributed by atoms with Crippen LogP contribution in [0, 0.1) is 0 Å². The van der Waals surface area contributed by atoms with E-state index >= 15 is 0 Å². The van der Waals surface area contributed by atoms with Crippen molar-refractivity contribution in [3.8, 4) is 0 Å². The number of primary amides is 1. The normalized spacial score (nSPS) is 9.40. The van der Waals surface area contributed by atoms with E-state index in [0.717, 1.165) is 5.01 Å². The number of para-hydroxylation sites is 1. The summed E-state index contributed by atoms with van der Waals surface area (Å²) in [5.74, 6) is 0. The van der Waals surface area contributed by atoms with E-state index in [1.807, 2.05) is 6.07 Å². The van der Waals surface area contributed by atoms with Gasteiger partial charge in [-0.3, -0.25) is 4.79 Å². The van der Waals surface area contributed by atoms with Crippen molar-refractivity contribution in [2.75, 3.05) is 11.6 Å². The molecule has 0 saturated carbocycles. The van der Waals surface area contributed by atoms with Crippen LogP contribution in [-0.2, 0) is 4.79 Å². The van der Waals surface area contributed by atoms with Crippen molar-refractivity contribution >= 4 is 18.1 Å². The predicted molar refractivity (Wildman–Crippen MR) is 56.9 cm³/mol. The zero-order valence-electron chi connectivity index (χ0n) is 8.46. The van der Waals surface area contributed by atoms with Crippen LogP contribution in [0.5, 0.6) is 0 Å².